The van der Waals surface area contributed by atoms with E-state index in [0.717, 1.165) is 31.6 Å². The Labute approximate surface area is 173 Å². The van der Waals surface area contributed by atoms with Crippen LogP contribution >= 0.6 is 0 Å². The van der Waals surface area contributed by atoms with Crippen LogP contribution in [0.2, 0.25) is 0 Å². The lowest BCUT2D eigenvalue weighted by Gasteiger charge is -2.15. The zero-order chi connectivity index (χ0) is 20.3. The Morgan fingerprint density at radius 2 is 1.90 bits per heavy atom. The van der Waals surface area contributed by atoms with E-state index in [-0.39, 0.29) is 12.0 Å². The summed E-state index contributed by atoms with van der Waals surface area (Å²) >= 11 is 0. The van der Waals surface area contributed by atoms with Gasteiger partial charge in [0, 0.05) is 12.2 Å². The van der Waals surface area contributed by atoms with Gasteiger partial charge in [-0.1, -0.05) is 38.3 Å². The highest BCUT2D eigenvalue weighted by Crippen LogP contribution is 2.26. The first-order chi connectivity index (χ1) is 14.3. The second-order valence-corrected chi connectivity index (χ2v) is 7.33. The third-order valence-corrected chi connectivity index (χ3v) is 4.97. The monoisotopic (exact) mass is 397 g/mol. The van der Waals surface area contributed by atoms with E-state index in [2.05, 4.69) is 12.2 Å². The summed E-state index contributed by atoms with van der Waals surface area (Å²) in [5, 5.41) is 2.94. The molecule has 5 heteroatoms. The summed E-state index contributed by atoms with van der Waals surface area (Å²) in [4.78, 5) is 12.6. The van der Waals surface area contributed by atoms with Crippen molar-refractivity contribution in [3.63, 3.8) is 0 Å². The Bertz CT molecular complexity index is 754. The number of amides is 1. The molecule has 0 saturated carbocycles. The first-order valence-corrected chi connectivity index (χ1v) is 10.6. The average Bonchev–Trinajstić information content (AvgIpc) is 3.27. The highest BCUT2D eigenvalue weighted by atomic mass is 16.5. The Kier molecular flexibility index (Phi) is 8.38. The molecule has 5 nitrogen and oxygen atoms in total. The smallest absolute Gasteiger partial charge is 0.255 e. The fourth-order valence-electron chi connectivity index (χ4n) is 3.27. The van der Waals surface area contributed by atoms with E-state index in [1.807, 2.05) is 36.4 Å². The molecular formula is C24H31NO4. The predicted octanol–water partition coefficient (Wildman–Crippen LogP) is 5.46. The largest absolute Gasteiger partial charge is 0.494 e. The van der Waals surface area contributed by atoms with E-state index >= 15 is 0 Å². The number of ether oxygens (including phenoxy) is 3. The Morgan fingerprint density at radius 3 is 2.66 bits per heavy atom. The molecule has 1 amide bonds. The molecular weight excluding hydrogens is 366 g/mol. The summed E-state index contributed by atoms with van der Waals surface area (Å²) in [7, 11) is 0. The molecule has 0 spiro atoms. The minimum atomic E-state index is -0.173. The molecule has 2 aromatic carbocycles. The molecule has 1 saturated heterocycles. The third-order valence-electron chi connectivity index (χ3n) is 4.97. The molecule has 0 radical (unpaired) electrons. The molecule has 2 aromatic rings. The number of hydrogen-bond acceptors (Lipinski definition) is 4. The number of anilines is 1. The Balaban J connectivity index is 1.51. The summed E-state index contributed by atoms with van der Waals surface area (Å²) in [5.74, 6) is 1.27. The van der Waals surface area contributed by atoms with E-state index in [4.69, 9.17) is 14.2 Å². The van der Waals surface area contributed by atoms with Gasteiger partial charge >= 0.3 is 0 Å². The molecule has 1 heterocycles. The average molecular weight is 398 g/mol. The number of carbonyl (C=O) groups is 1. The van der Waals surface area contributed by atoms with Crippen molar-refractivity contribution in [2.24, 2.45) is 0 Å². The van der Waals surface area contributed by atoms with Crippen molar-refractivity contribution in [3.05, 3.63) is 54.1 Å². The topological polar surface area (TPSA) is 56.8 Å². The van der Waals surface area contributed by atoms with Crippen LogP contribution in [-0.2, 0) is 4.74 Å². The number of para-hydroxylation sites is 2. The second kappa shape index (κ2) is 11.5. The Morgan fingerprint density at radius 1 is 1.07 bits per heavy atom. The minimum absolute atomic E-state index is 0.133. The van der Waals surface area contributed by atoms with Crippen LogP contribution in [0.15, 0.2) is 48.5 Å². The first kappa shape index (κ1) is 21.2. The van der Waals surface area contributed by atoms with E-state index in [1.165, 1.54) is 19.3 Å². The molecule has 156 valence electrons. The van der Waals surface area contributed by atoms with E-state index in [9.17, 15) is 4.79 Å². The number of carbonyl (C=O) groups excluding carboxylic acids is 1. The van der Waals surface area contributed by atoms with Crippen molar-refractivity contribution in [2.75, 3.05) is 25.1 Å². The molecule has 0 aliphatic carbocycles. The number of unbranched alkanes of at least 4 members (excludes halogenated alkanes) is 3. The number of rotatable bonds is 11. The van der Waals surface area contributed by atoms with Crippen molar-refractivity contribution in [1.82, 2.24) is 0 Å². The lowest BCUT2D eigenvalue weighted by atomic mass is 10.2. The van der Waals surface area contributed by atoms with Gasteiger partial charge in [-0.25, -0.2) is 0 Å². The summed E-state index contributed by atoms with van der Waals surface area (Å²) in [6, 6.07) is 14.7. The van der Waals surface area contributed by atoms with Gasteiger partial charge in [0.1, 0.15) is 18.1 Å². The highest BCUT2D eigenvalue weighted by Gasteiger charge is 2.17. The van der Waals surface area contributed by atoms with Gasteiger partial charge in [0.05, 0.1) is 18.4 Å². The van der Waals surface area contributed by atoms with Gasteiger partial charge < -0.3 is 19.5 Å². The zero-order valence-electron chi connectivity index (χ0n) is 17.2. The minimum Gasteiger partial charge on any atom is -0.494 e. The Hall–Kier alpha value is -2.53. The summed E-state index contributed by atoms with van der Waals surface area (Å²) < 4.78 is 17.2. The zero-order valence-corrected chi connectivity index (χ0v) is 17.2. The van der Waals surface area contributed by atoms with Crippen LogP contribution in [-0.4, -0.2) is 31.8 Å². The van der Waals surface area contributed by atoms with Crippen molar-refractivity contribution in [3.8, 4) is 11.5 Å². The van der Waals surface area contributed by atoms with Gasteiger partial charge in [-0.15, -0.1) is 0 Å². The highest BCUT2D eigenvalue weighted by molar-refractivity contribution is 6.05. The van der Waals surface area contributed by atoms with Crippen LogP contribution in [0.25, 0.3) is 0 Å². The molecule has 3 rings (SSSR count). The maximum absolute atomic E-state index is 12.6. The summed E-state index contributed by atoms with van der Waals surface area (Å²) in [5.41, 5.74) is 1.24. The van der Waals surface area contributed by atoms with Crippen LogP contribution < -0.4 is 14.8 Å². The van der Waals surface area contributed by atoms with E-state index < -0.39 is 0 Å². The number of nitrogens with one attached hydrogen (secondary N) is 1. The van der Waals surface area contributed by atoms with E-state index in [0.29, 0.717) is 30.2 Å². The lowest BCUT2D eigenvalue weighted by Crippen LogP contribution is -2.18. The third kappa shape index (κ3) is 6.79. The molecule has 1 fully saturated rings. The summed E-state index contributed by atoms with van der Waals surface area (Å²) in [6.07, 6.45) is 6.91. The van der Waals surface area contributed by atoms with Crippen molar-refractivity contribution in [1.29, 1.82) is 0 Å². The lowest BCUT2D eigenvalue weighted by molar-refractivity contribution is 0.0682. The molecule has 1 unspecified atom stereocenters. The maximum Gasteiger partial charge on any atom is 0.255 e. The van der Waals surface area contributed by atoms with Crippen molar-refractivity contribution >= 4 is 11.6 Å². The van der Waals surface area contributed by atoms with Crippen LogP contribution in [0.5, 0.6) is 11.5 Å². The molecule has 0 bridgehead atoms. The van der Waals surface area contributed by atoms with Gasteiger partial charge in [-0.2, -0.15) is 0 Å². The van der Waals surface area contributed by atoms with Crippen molar-refractivity contribution < 1.29 is 19.0 Å². The SMILES string of the molecule is CCCCCCOc1ccc(C(=O)Nc2ccccc2OCC2CCCO2)cc1. The van der Waals surface area contributed by atoms with Gasteiger partial charge in [0.2, 0.25) is 0 Å². The number of hydrogen-bond donors (Lipinski definition) is 1. The van der Waals surface area contributed by atoms with E-state index in [1.54, 1.807) is 12.1 Å². The van der Waals surface area contributed by atoms with Gasteiger partial charge in [-0.3, -0.25) is 4.79 Å². The fourth-order valence-corrected chi connectivity index (χ4v) is 3.27. The number of benzene rings is 2. The molecule has 0 aromatic heterocycles. The van der Waals surface area contributed by atoms with Crippen LogP contribution in [0.1, 0.15) is 55.8 Å². The molecule has 1 aliphatic heterocycles. The van der Waals surface area contributed by atoms with Gasteiger partial charge in [-0.05, 0) is 55.7 Å². The van der Waals surface area contributed by atoms with Gasteiger partial charge in [0.15, 0.2) is 0 Å². The second-order valence-electron chi connectivity index (χ2n) is 7.33. The van der Waals surface area contributed by atoms with Crippen LogP contribution in [0, 0.1) is 0 Å². The summed E-state index contributed by atoms with van der Waals surface area (Å²) in [6.45, 7) is 4.20. The predicted molar refractivity (Wildman–Crippen MR) is 115 cm³/mol. The quantitative estimate of drug-likeness (QED) is 0.512. The van der Waals surface area contributed by atoms with Crippen molar-refractivity contribution in [2.45, 2.75) is 51.6 Å². The van der Waals surface area contributed by atoms with Crippen LogP contribution in [0.4, 0.5) is 5.69 Å². The molecule has 29 heavy (non-hydrogen) atoms. The first-order valence-electron chi connectivity index (χ1n) is 10.6. The van der Waals surface area contributed by atoms with Crippen LogP contribution in [0.3, 0.4) is 0 Å². The maximum atomic E-state index is 12.6. The molecule has 1 aliphatic rings. The normalized spacial score (nSPS) is 15.8. The molecule has 1 N–H and O–H groups in total. The van der Waals surface area contributed by atoms with Gasteiger partial charge in [0.25, 0.3) is 5.91 Å². The fraction of sp³-hybridized carbons (Fsp3) is 0.458. The standard InChI is InChI=1S/C24H31NO4/c1-2-3-4-7-16-27-20-14-12-19(13-15-20)24(26)25-22-10-5-6-11-23(22)29-18-21-9-8-17-28-21/h5-6,10-15,21H,2-4,7-9,16-18H2,1H3,(H,25,26). The molecule has 1 atom stereocenters.